The summed E-state index contributed by atoms with van der Waals surface area (Å²) < 4.78 is 5.40. The van der Waals surface area contributed by atoms with Crippen molar-refractivity contribution in [1.29, 1.82) is 0 Å². The lowest BCUT2D eigenvalue weighted by Crippen LogP contribution is -2.45. The topological polar surface area (TPSA) is 44.8 Å². The van der Waals surface area contributed by atoms with Crippen LogP contribution in [-0.2, 0) is 4.79 Å². The molecule has 5 heteroatoms. The first-order chi connectivity index (χ1) is 11.7. The second kappa shape index (κ2) is 10.1. The minimum Gasteiger partial charge on any atom is -0.494 e. The Hall–Kier alpha value is -1.85. The van der Waals surface area contributed by atoms with E-state index in [0.717, 1.165) is 57.0 Å². The van der Waals surface area contributed by atoms with Gasteiger partial charge in [0.05, 0.1) is 6.61 Å². The zero-order chi connectivity index (χ0) is 17.2. The predicted molar refractivity (Wildman–Crippen MR) is 98.2 cm³/mol. The second-order valence-electron chi connectivity index (χ2n) is 6.12. The van der Waals surface area contributed by atoms with Crippen LogP contribution in [-0.4, -0.2) is 68.6 Å². The van der Waals surface area contributed by atoms with E-state index in [9.17, 15) is 4.79 Å². The van der Waals surface area contributed by atoms with Crippen LogP contribution in [0.3, 0.4) is 0 Å². The van der Waals surface area contributed by atoms with Crippen molar-refractivity contribution >= 4 is 12.0 Å². The minimum absolute atomic E-state index is 0.0396. The van der Waals surface area contributed by atoms with Gasteiger partial charge in [0.2, 0.25) is 5.91 Å². The van der Waals surface area contributed by atoms with Crippen molar-refractivity contribution in [3.05, 3.63) is 35.9 Å². The summed E-state index contributed by atoms with van der Waals surface area (Å²) in [7, 11) is 2.16. The van der Waals surface area contributed by atoms with Crippen LogP contribution >= 0.6 is 0 Å². The third-order valence-corrected chi connectivity index (χ3v) is 4.16. The molecule has 1 amide bonds. The van der Waals surface area contributed by atoms with Crippen molar-refractivity contribution in [3.8, 4) is 5.75 Å². The average Bonchev–Trinajstić information content (AvgIpc) is 2.60. The van der Waals surface area contributed by atoms with Crippen LogP contribution in [0.1, 0.15) is 18.9 Å². The number of piperazine rings is 1. The summed E-state index contributed by atoms with van der Waals surface area (Å²) in [6.45, 7) is 8.92. The minimum atomic E-state index is -0.0396. The van der Waals surface area contributed by atoms with Crippen LogP contribution in [0, 0.1) is 0 Å². The Bertz CT molecular complexity index is 520. The van der Waals surface area contributed by atoms with Crippen LogP contribution in [0.2, 0.25) is 0 Å². The monoisotopic (exact) mass is 331 g/mol. The molecule has 0 spiro atoms. The van der Waals surface area contributed by atoms with Crippen LogP contribution in [0.25, 0.3) is 6.08 Å². The molecular weight excluding hydrogens is 302 g/mol. The van der Waals surface area contributed by atoms with E-state index in [4.69, 9.17) is 4.74 Å². The number of hydrogen-bond acceptors (Lipinski definition) is 4. The largest absolute Gasteiger partial charge is 0.494 e. The Balaban J connectivity index is 1.62. The SMILES string of the molecule is CCOc1ccc(/C=C/C(=O)NCCCN2CCN(C)CC2)cc1. The molecule has 5 nitrogen and oxygen atoms in total. The third kappa shape index (κ3) is 6.72. The number of ether oxygens (including phenoxy) is 1. The molecule has 2 rings (SSSR count). The fraction of sp³-hybridized carbons (Fsp3) is 0.526. The summed E-state index contributed by atoms with van der Waals surface area (Å²) in [4.78, 5) is 16.6. The molecule has 1 aromatic carbocycles. The molecule has 0 saturated carbocycles. The molecule has 1 aromatic rings. The van der Waals surface area contributed by atoms with Gasteiger partial charge in [-0.25, -0.2) is 0 Å². The maximum Gasteiger partial charge on any atom is 0.243 e. The highest BCUT2D eigenvalue weighted by Crippen LogP contribution is 2.12. The van der Waals surface area contributed by atoms with E-state index in [0.29, 0.717) is 6.61 Å². The maximum absolute atomic E-state index is 11.8. The molecule has 1 N–H and O–H groups in total. The molecule has 24 heavy (non-hydrogen) atoms. The first kappa shape index (κ1) is 18.5. The second-order valence-corrected chi connectivity index (χ2v) is 6.12. The fourth-order valence-corrected chi connectivity index (χ4v) is 2.66. The normalized spacial score (nSPS) is 16.4. The highest BCUT2D eigenvalue weighted by Gasteiger charge is 2.12. The Morgan fingerprint density at radius 1 is 1.21 bits per heavy atom. The average molecular weight is 331 g/mol. The highest BCUT2D eigenvalue weighted by atomic mass is 16.5. The van der Waals surface area contributed by atoms with Gasteiger partial charge in [0, 0.05) is 38.8 Å². The molecule has 1 aliphatic heterocycles. The Kier molecular flexibility index (Phi) is 7.79. The number of carbonyl (C=O) groups excluding carboxylic acids is 1. The van der Waals surface area contributed by atoms with Gasteiger partial charge < -0.3 is 19.9 Å². The summed E-state index contributed by atoms with van der Waals surface area (Å²) in [5.41, 5.74) is 0.992. The van der Waals surface area contributed by atoms with Crippen LogP contribution in [0.5, 0.6) is 5.75 Å². The van der Waals surface area contributed by atoms with Gasteiger partial charge >= 0.3 is 0 Å². The highest BCUT2D eigenvalue weighted by molar-refractivity contribution is 5.91. The van der Waals surface area contributed by atoms with Gasteiger partial charge in [-0.05, 0) is 50.7 Å². The molecule has 0 aliphatic carbocycles. The number of hydrogen-bond donors (Lipinski definition) is 1. The smallest absolute Gasteiger partial charge is 0.243 e. The van der Waals surface area contributed by atoms with E-state index < -0.39 is 0 Å². The van der Waals surface area contributed by atoms with Gasteiger partial charge in [-0.1, -0.05) is 12.1 Å². The molecule has 1 fully saturated rings. The third-order valence-electron chi connectivity index (χ3n) is 4.16. The molecule has 1 aliphatic rings. The lowest BCUT2D eigenvalue weighted by atomic mass is 10.2. The first-order valence-electron chi connectivity index (χ1n) is 8.77. The van der Waals surface area contributed by atoms with E-state index in [1.807, 2.05) is 37.3 Å². The number of likely N-dealkylation sites (N-methyl/N-ethyl adjacent to an activating group) is 1. The molecule has 0 radical (unpaired) electrons. The number of benzene rings is 1. The van der Waals surface area contributed by atoms with Gasteiger partial charge in [-0.3, -0.25) is 4.79 Å². The standard InChI is InChI=1S/C19H29N3O2/c1-3-24-18-8-5-17(6-9-18)7-10-19(23)20-11-4-12-22-15-13-21(2)14-16-22/h5-10H,3-4,11-16H2,1-2H3,(H,20,23)/b10-7+. The van der Waals surface area contributed by atoms with Gasteiger partial charge in [-0.2, -0.15) is 0 Å². The van der Waals surface area contributed by atoms with Crippen molar-refractivity contribution in [2.45, 2.75) is 13.3 Å². The molecule has 0 unspecified atom stereocenters. The number of nitrogens with one attached hydrogen (secondary N) is 1. The van der Waals surface area contributed by atoms with E-state index in [2.05, 4.69) is 22.2 Å². The fourth-order valence-electron chi connectivity index (χ4n) is 2.66. The van der Waals surface area contributed by atoms with Crippen molar-refractivity contribution in [2.75, 3.05) is 52.9 Å². The van der Waals surface area contributed by atoms with Gasteiger partial charge in [0.1, 0.15) is 5.75 Å². The molecule has 1 saturated heterocycles. The molecule has 1 heterocycles. The molecule has 0 aromatic heterocycles. The lowest BCUT2D eigenvalue weighted by molar-refractivity contribution is -0.116. The Labute approximate surface area is 145 Å². The van der Waals surface area contributed by atoms with Gasteiger partial charge in [0.15, 0.2) is 0 Å². The summed E-state index contributed by atoms with van der Waals surface area (Å²) >= 11 is 0. The summed E-state index contributed by atoms with van der Waals surface area (Å²) in [6, 6.07) is 7.72. The number of carbonyl (C=O) groups is 1. The number of amides is 1. The zero-order valence-electron chi connectivity index (χ0n) is 14.8. The van der Waals surface area contributed by atoms with Crippen LogP contribution in [0.4, 0.5) is 0 Å². The van der Waals surface area contributed by atoms with Crippen molar-refractivity contribution in [3.63, 3.8) is 0 Å². The number of rotatable bonds is 8. The lowest BCUT2D eigenvalue weighted by Gasteiger charge is -2.32. The van der Waals surface area contributed by atoms with Crippen LogP contribution in [0.15, 0.2) is 30.3 Å². The van der Waals surface area contributed by atoms with Gasteiger partial charge in [0.25, 0.3) is 0 Å². The van der Waals surface area contributed by atoms with Crippen molar-refractivity contribution in [2.24, 2.45) is 0 Å². The van der Waals surface area contributed by atoms with E-state index in [1.54, 1.807) is 6.08 Å². The Morgan fingerprint density at radius 2 is 1.92 bits per heavy atom. The van der Waals surface area contributed by atoms with E-state index in [1.165, 1.54) is 0 Å². The number of nitrogens with zero attached hydrogens (tertiary/aromatic N) is 2. The quantitative estimate of drug-likeness (QED) is 0.583. The summed E-state index contributed by atoms with van der Waals surface area (Å²) in [5.74, 6) is 0.810. The van der Waals surface area contributed by atoms with Crippen molar-refractivity contribution in [1.82, 2.24) is 15.1 Å². The van der Waals surface area contributed by atoms with Crippen LogP contribution < -0.4 is 10.1 Å². The summed E-state index contributed by atoms with van der Waals surface area (Å²) in [5, 5.41) is 2.95. The summed E-state index contributed by atoms with van der Waals surface area (Å²) in [6.07, 6.45) is 4.41. The molecular formula is C19H29N3O2. The zero-order valence-corrected chi connectivity index (χ0v) is 14.8. The van der Waals surface area contributed by atoms with Crippen molar-refractivity contribution < 1.29 is 9.53 Å². The Morgan fingerprint density at radius 3 is 2.58 bits per heavy atom. The van der Waals surface area contributed by atoms with E-state index in [-0.39, 0.29) is 5.91 Å². The molecule has 132 valence electrons. The molecule has 0 atom stereocenters. The maximum atomic E-state index is 11.8. The predicted octanol–water partition coefficient (Wildman–Crippen LogP) is 1.85. The van der Waals surface area contributed by atoms with E-state index >= 15 is 0 Å². The first-order valence-corrected chi connectivity index (χ1v) is 8.77. The molecule has 0 bridgehead atoms. The van der Waals surface area contributed by atoms with Gasteiger partial charge in [-0.15, -0.1) is 0 Å².